The summed E-state index contributed by atoms with van der Waals surface area (Å²) in [5.74, 6) is 0.350. The zero-order valence-corrected chi connectivity index (χ0v) is 18.4. The molecule has 4 rings (SSSR count). The van der Waals surface area contributed by atoms with Gasteiger partial charge in [-0.3, -0.25) is 9.69 Å². The second kappa shape index (κ2) is 7.70. The quantitative estimate of drug-likeness (QED) is 0.447. The minimum atomic E-state index is -3.34. The van der Waals surface area contributed by atoms with Gasteiger partial charge in [-0.2, -0.15) is 0 Å². The van der Waals surface area contributed by atoms with E-state index in [2.05, 4.69) is 6.07 Å². The number of sulfone groups is 1. The second-order valence-electron chi connectivity index (χ2n) is 7.19. The lowest BCUT2D eigenvalue weighted by Gasteiger charge is -2.19. The Morgan fingerprint density at radius 2 is 1.87 bits per heavy atom. The first-order valence-electron chi connectivity index (χ1n) is 9.24. The Hall–Kier alpha value is -2.97. The average Bonchev–Trinajstić information content (AvgIpc) is 3.34. The summed E-state index contributed by atoms with van der Waals surface area (Å²) in [6.07, 6.45) is 2.70. The van der Waals surface area contributed by atoms with Gasteiger partial charge in [0.05, 0.1) is 27.9 Å². The van der Waals surface area contributed by atoms with E-state index >= 15 is 0 Å². The van der Waals surface area contributed by atoms with Crippen molar-refractivity contribution in [3.8, 4) is 0 Å². The van der Waals surface area contributed by atoms with Crippen LogP contribution in [-0.2, 0) is 16.4 Å². The molecule has 2 aromatic heterocycles. The number of hydrogen-bond donors (Lipinski definition) is 0. The summed E-state index contributed by atoms with van der Waals surface area (Å²) in [6.45, 7) is 4.26. The highest BCUT2D eigenvalue weighted by atomic mass is 32.2. The van der Waals surface area contributed by atoms with Crippen LogP contribution in [0.2, 0.25) is 0 Å². The number of hydrogen-bond acceptors (Lipinski definition) is 6. The van der Waals surface area contributed by atoms with Crippen LogP contribution in [0.25, 0.3) is 10.2 Å². The van der Waals surface area contributed by atoms with Crippen molar-refractivity contribution in [1.82, 2.24) is 4.98 Å². The Bertz CT molecular complexity index is 1320. The number of benzene rings is 2. The number of carbonyl (C=O) groups is 1. The first-order chi connectivity index (χ1) is 14.2. The van der Waals surface area contributed by atoms with Gasteiger partial charge in [-0.1, -0.05) is 17.4 Å². The molecule has 0 radical (unpaired) electrons. The van der Waals surface area contributed by atoms with Gasteiger partial charge in [0.1, 0.15) is 5.76 Å². The second-order valence-corrected chi connectivity index (χ2v) is 10.2. The predicted octanol–water partition coefficient (Wildman–Crippen LogP) is 4.76. The number of aryl methyl sites for hydroxylation is 2. The van der Waals surface area contributed by atoms with Crippen molar-refractivity contribution in [2.75, 3.05) is 11.2 Å². The van der Waals surface area contributed by atoms with Crippen LogP contribution in [0.3, 0.4) is 0 Å². The highest BCUT2D eigenvalue weighted by molar-refractivity contribution is 7.90. The van der Waals surface area contributed by atoms with Gasteiger partial charge >= 0.3 is 0 Å². The first kappa shape index (κ1) is 20.3. The van der Waals surface area contributed by atoms with Crippen LogP contribution in [0, 0.1) is 13.8 Å². The Morgan fingerprint density at radius 3 is 2.50 bits per heavy atom. The fourth-order valence-electron chi connectivity index (χ4n) is 3.27. The summed E-state index contributed by atoms with van der Waals surface area (Å²) < 4.78 is 29.9. The van der Waals surface area contributed by atoms with E-state index < -0.39 is 9.84 Å². The smallest absolute Gasteiger partial charge is 0.260 e. The third-order valence-electron chi connectivity index (χ3n) is 4.71. The number of anilines is 1. The van der Waals surface area contributed by atoms with Gasteiger partial charge in [-0.15, -0.1) is 0 Å². The molecule has 6 nitrogen and oxygen atoms in total. The summed E-state index contributed by atoms with van der Waals surface area (Å²) in [5, 5.41) is 0.562. The van der Waals surface area contributed by atoms with Crippen molar-refractivity contribution in [3.63, 3.8) is 0 Å². The van der Waals surface area contributed by atoms with Gasteiger partial charge in [0.2, 0.25) is 0 Å². The molecule has 0 aliphatic carbocycles. The SMILES string of the molecule is Cc1cc(C)c2sc(N(Cc3ccco3)C(=O)c3ccc(S(C)(=O)=O)cc3)nc2c1. The van der Waals surface area contributed by atoms with Gasteiger partial charge in [0, 0.05) is 11.8 Å². The molecule has 4 aromatic rings. The summed E-state index contributed by atoms with van der Waals surface area (Å²) in [4.78, 5) is 19.8. The summed E-state index contributed by atoms with van der Waals surface area (Å²) >= 11 is 1.45. The van der Waals surface area contributed by atoms with Gasteiger partial charge in [0.25, 0.3) is 5.91 Å². The Morgan fingerprint density at radius 1 is 1.13 bits per heavy atom. The molecule has 8 heteroatoms. The van der Waals surface area contributed by atoms with Gasteiger partial charge in [-0.25, -0.2) is 13.4 Å². The van der Waals surface area contributed by atoms with Crippen molar-refractivity contribution >= 4 is 42.4 Å². The molecule has 154 valence electrons. The molecule has 30 heavy (non-hydrogen) atoms. The van der Waals surface area contributed by atoms with Crippen molar-refractivity contribution in [2.45, 2.75) is 25.3 Å². The van der Waals surface area contributed by atoms with Crippen LogP contribution >= 0.6 is 11.3 Å². The fourth-order valence-corrected chi connectivity index (χ4v) is 4.91. The number of carbonyl (C=O) groups excluding carboxylic acids is 1. The average molecular weight is 441 g/mol. The molecule has 0 N–H and O–H groups in total. The molecule has 0 aliphatic heterocycles. The number of amides is 1. The normalized spacial score (nSPS) is 11.7. The van der Waals surface area contributed by atoms with E-state index in [0.717, 1.165) is 27.6 Å². The Labute approximate surface area is 178 Å². The topological polar surface area (TPSA) is 80.5 Å². The zero-order valence-electron chi connectivity index (χ0n) is 16.7. The van der Waals surface area contributed by atoms with E-state index in [1.165, 1.54) is 35.6 Å². The number of nitrogens with zero attached hydrogens (tertiary/aromatic N) is 2. The molecule has 0 aliphatic rings. The van der Waals surface area contributed by atoms with Crippen molar-refractivity contribution < 1.29 is 17.6 Å². The van der Waals surface area contributed by atoms with E-state index in [1.54, 1.807) is 23.3 Å². The van der Waals surface area contributed by atoms with Crippen molar-refractivity contribution in [3.05, 3.63) is 77.2 Å². The number of rotatable bonds is 5. The molecule has 0 saturated carbocycles. The standard InChI is InChI=1S/C22H20N2O4S2/c1-14-11-15(2)20-19(12-14)23-22(29-20)24(13-17-5-4-10-28-17)21(25)16-6-8-18(9-7-16)30(3,26)27/h4-12H,13H2,1-3H3. The van der Waals surface area contributed by atoms with Crippen LogP contribution in [0.1, 0.15) is 27.2 Å². The van der Waals surface area contributed by atoms with Crippen LogP contribution in [0.15, 0.2) is 64.1 Å². The lowest BCUT2D eigenvalue weighted by molar-refractivity contribution is 0.0983. The summed E-state index contributed by atoms with van der Waals surface area (Å²) in [7, 11) is -3.34. The minimum absolute atomic E-state index is 0.169. The predicted molar refractivity (Wildman–Crippen MR) is 118 cm³/mol. The van der Waals surface area contributed by atoms with Crippen LogP contribution < -0.4 is 4.90 Å². The largest absolute Gasteiger partial charge is 0.467 e. The molecule has 0 saturated heterocycles. The molecular weight excluding hydrogens is 420 g/mol. The number of aromatic nitrogens is 1. The van der Waals surface area contributed by atoms with E-state index in [-0.39, 0.29) is 17.3 Å². The molecule has 1 amide bonds. The van der Waals surface area contributed by atoms with Crippen molar-refractivity contribution in [2.24, 2.45) is 0 Å². The number of furan rings is 1. The Balaban J connectivity index is 1.76. The maximum absolute atomic E-state index is 13.4. The third kappa shape index (κ3) is 4.01. The van der Waals surface area contributed by atoms with Gasteiger partial charge in [0.15, 0.2) is 15.0 Å². The van der Waals surface area contributed by atoms with E-state index in [0.29, 0.717) is 16.5 Å². The molecule has 2 aromatic carbocycles. The highest BCUT2D eigenvalue weighted by Gasteiger charge is 2.23. The molecule has 0 spiro atoms. The number of thiazole rings is 1. The van der Waals surface area contributed by atoms with E-state index in [9.17, 15) is 13.2 Å². The van der Waals surface area contributed by atoms with E-state index in [4.69, 9.17) is 9.40 Å². The lowest BCUT2D eigenvalue weighted by atomic mass is 10.1. The van der Waals surface area contributed by atoms with Crippen LogP contribution in [-0.4, -0.2) is 25.6 Å². The lowest BCUT2D eigenvalue weighted by Crippen LogP contribution is -2.30. The maximum Gasteiger partial charge on any atom is 0.260 e. The molecule has 0 bridgehead atoms. The zero-order chi connectivity index (χ0) is 21.5. The fraction of sp³-hybridized carbons (Fsp3) is 0.182. The summed E-state index contributed by atoms with van der Waals surface area (Å²) in [6, 6.07) is 13.6. The van der Waals surface area contributed by atoms with Crippen LogP contribution in [0.4, 0.5) is 5.13 Å². The monoisotopic (exact) mass is 440 g/mol. The van der Waals surface area contributed by atoms with E-state index in [1.807, 2.05) is 19.9 Å². The van der Waals surface area contributed by atoms with Crippen molar-refractivity contribution in [1.29, 1.82) is 0 Å². The maximum atomic E-state index is 13.4. The molecule has 0 fully saturated rings. The highest BCUT2D eigenvalue weighted by Crippen LogP contribution is 2.33. The Kier molecular flexibility index (Phi) is 5.21. The third-order valence-corrected chi connectivity index (χ3v) is 7.07. The first-order valence-corrected chi connectivity index (χ1v) is 12.0. The molecular formula is C22H20N2O4S2. The molecule has 0 atom stereocenters. The minimum Gasteiger partial charge on any atom is -0.467 e. The molecule has 0 unspecified atom stereocenters. The summed E-state index contributed by atoms with van der Waals surface area (Å²) in [5.41, 5.74) is 3.44. The van der Waals surface area contributed by atoms with Gasteiger partial charge < -0.3 is 4.42 Å². The van der Waals surface area contributed by atoms with Crippen LogP contribution in [0.5, 0.6) is 0 Å². The molecule has 2 heterocycles. The number of fused-ring (bicyclic) bond motifs is 1. The van der Waals surface area contributed by atoms with Gasteiger partial charge in [-0.05, 0) is 67.4 Å².